The average molecular weight is 288 g/mol. The number of carbonyl (C=O) groups excluding carboxylic acids is 1. The van der Waals surface area contributed by atoms with Crippen molar-refractivity contribution < 1.29 is 13.2 Å². The van der Waals surface area contributed by atoms with Crippen molar-refractivity contribution in [2.75, 3.05) is 24.6 Å². The third-order valence-corrected chi connectivity index (χ3v) is 6.00. The number of rotatable bonds is 3. The highest BCUT2D eigenvalue weighted by atomic mass is 32.2. The van der Waals surface area contributed by atoms with Gasteiger partial charge >= 0.3 is 0 Å². The van der Waals surface area contributed by atoms with Gasteiger partial charge in [0.25, 0.3) is 0 Å². The lowest BCUT2D eigenvalue weighted by molar-refractivity contribution is -0.138. The fourth-order valence-electron chi connectivity index (χ4n) is 3.21. The van der Waals surface area contributed by atoms with Crippen molar-refractivity contribution in [1.82, 2.24) is 10.2 Å². The van der Waals surface area contributed by atoms with Gasteiger partial charge in [0.15, 0.2) is 9.84 Å². The molecule has 0 spiro atoms. The third kappa shape index (κ3) is 3.48. The Hall–Kier alpha value is -0.620. The summed E-state index contributed by atoms with van der Waals surface area (Å²) in [6.45, 7) is 5.51. The topological polar surface area (TPSA) is 66.5 Å². The van der Waals surface area contributed by atoms with Crippen LogP contribution in [0, 0.1) is 5.92 Å². The van der Waals surface area contributed by atoms with Crippen molar-refractivity contribution in [3.05, 3.63) is 0 Å². The van der Waals surface area contributed by atoms with Gasteiger partial charge in [-0.1, -0.05) is 0 Å². The second-order valence-electron chi connectivity index (χ2n) is 5.76. The van der Waals surface area contributed by atoms with Crippen LogP contribution in [0.4, 0.5) is 0 Å². The molecule has 0 saturated carbocycles. The molecule has 2 aliphatic heterocycles. The maximum atomic E-state index is 12.6. The van der Waals surface area contributed by atoms with Crippen molar-refractivity contribution in [1.29, 1.82) is 0 Å². The minimum atomic E-state index is -2.93. The molecule has 2 rings (SSSR count). The number of amides is 1. The lowest BCUT2D eigenvalue weighted by atomic mass is 9.91. The molecular weight excluding hydrogens is 264 g/mol. The molecule has 3 unspecified atom stereocenters. The summed E-state index contributed by atoms with van der Waals surface area (Å²) in [6.07, 6.45) is 2.32. The van der Waals surface area contributed by atoms with Crippen LogP contribution in [0.2, 0.25) is 0 Å². The number of nitrogens with zero attached hydrogens (tertiary/aromatic N) is 1. The second-order valence-corrected chi connectivity index (χ2v) is 7.99. The molecule has 0 aromatic rings. The fourth-order valence-corrected chi connectivity index (χ4v) is 4.94. The van der Waals surface area contributed by atoms with Gasteiger partial charge in [-0.2, -0.15) is 0 Å². The van der Waals surface area contributed by atoms with E-state index in [1.807, 2.05) is 6.92 Å². The molecule has 5 nitrogen and oxygen atoms in total. The highest BCUT2D eigenvalue weighted by Crippen LogP contribution is 2.24. The molecule has 2 aliphatic rings. The van der Waals surface area contributed by atoms with Gasteiger partial charge in [-0.15, -0.1) is 0 Å². The van der Waals surface area contributed by atoms with Crippen LogP contribution < -0.4 is 5.32 Å². The SMILES string of the molecule is CCN(C(=O)C1CCNC(C)C1)C1CCS(=O)(=O)C1. The van der Waals surface area contributed by atoms with E-state index in [4.69, 9.17) is 0 Å². The highest BCUT2D eigenvalue weighted by molar-refractivity contribution is 7.91. The van der Waals surface area contributed by atoms with Crippen LogP contribution in [0.15, 0.2) is 0 Å². The van der Waals surface area contributed by atoms with E-state index in [9.17, 15) is 13.2 Å². The number of hydrogen-bond acceptors (Lipinski definition) is 4. The Morgan fingerprint density at radius 3 is 2.63 bits per heavy atom. The molecule has 0 bridgehead atoms. The van der Waals surface area contributed by atoms with Crippen LogP contribution in [-0.4, -0.2) is 55.9 Å². The van der Waals surface area contributed by atoms with Crippen molar-refractivity contribution in [2.45, 2.75) is 45.2 Å². The lowest BCUT2D eigenvalue weighted by Gasteiger charge is -2.34. The van der Waals surface area contributed by atoms with E-state index in [1.165, 1.54) is 0 Å². The molecule has 1 N–H and O–H groups in total. The maximum absolute atomic E-state index is 12.6. The minimum Gasteiger partial charge on any atom is -0.339 e. The first-order chi connectivity index (χ1) is 8.93. The van der Waals surface area contributed by atoms with Crippen LogP contribution in [0.3, 0.4) is 0 Å². The molecule has 0 radical (unpaired) electrons. The summed E-state index contributed by atoms with van der Waals surface area (Å²) >= 11 is 0. The minimum absolute atomic E-state index is 0.0551. The van der Waals surface area contributed by atoms with Crippen LogP contribution in [0.1, 0.15) is 33.1 Å². The summed E-state index contributed by atoms with van der Waals surface area (Å²) < 4.78 is 23.1. The molecule has 2 fully saturated rings. The zero-order chi connectivity index (χ0) is 14.0. The summed E-state index contributed by atoms with van der Waals surface area (Å²) in [5.74, 6) is 0.578. The first-order valence-corrected chi connectivity index (χ1v) is 8.99. The predicted octanol–water partition coefficient (Wildman–Crippen LogP) is 0.410. The molecule has 3 atom stereocenters. The van der Waals surface area contributed by atoms with Gasteiger partial charge in [0.2, 0.25) is 5.91 Å². The molecular formula is C13H24N2O3S. The van der Waals surface area contributed by atoms with E-state index in [0.717, 1.165) is 19.4 Å². The van der Waals surface area contributed by atoms with Crippen LogP contribution in [-0.2, 0) is 14.6 Å². The number of hydrogen-bond donors (Lipinski definition) is 1. The summed E-state index contributed by atoms with van der Waals surface area (Å²) in [6, 6.07) is 0.265. The van der Waals surface area contributed by atoms with Crippen LogP contribution in [0.25, 0.3) is 0 Å². The lowest BCUT2D eigenvalue weighted by Crippen LogP contribution is -2.48. The summed E-state index contributed by atoms with van der Waals surface area (Å²) in [4.78, 5) is 14.4. The zero-order valence-electron chi connectivity index (χ0n) is 11.8. The third-order valence-electron chi connectivity index (χ3n) is 4.25. The van der Waals surface area contributed by atoms with E-state index >= 15 is 0 Å². The quantitative estimate of drug-likeness (QED) is 0.817. The van der Waals surface area contributed by atoms with Gasteiger partial charge in [-0.3, -0.25) is 4.79 Å². The monoisotopic (exact) mass is 288 g/mol. The van der Waals surface area contributed by atoms with Crippen molar-refractivity contribution in [3.63, 3.8) is 0 Å². The number of sulfone groups is 1. The van der Waals surface area contributed by atoms with E-state index < -0.39 is 9.84 Å². The molecule has 110 valence electrons. The van der Waals surface area contributed by atoms with Gasteiger partial charge in [-0.05, 0) is 39.7 Å². The van der Waals surface area contributed by atoms with Gasteiger partial charge in [0.1, 0.15) is 0 Å². The average Bonchev–Trinajstić information content (AvgIpc) is 2.70. The predicted molar refractivity (Wildman–Crippen MR) is 74.6 cm³/mol. The molecule has 2 heterocycles. The highest BCUT2D eigenvalue weighted by Gasteiger charge is 2.37. The fraction of sp³-hybridized carbons (Fsp3) is 0.923. The molecule has 0 aromatic carbocycles. The van der Waals surface area contributed by atoms with Gasteiger partial charge < -0.3 is 10.2 Å². The standard InChI is InChI=1S/C13H24N2O3S/c1-3-15(12-5-7-19(17,18)9-12)13(16)11-4-6-14-10(2)8-11/h10-12,14H,3-9H2,1-2H3. The first kappa shape index (κ1) is 14.8. The van der Waals surface area contributed by atoms with E-state index in [1.54, 1.807) is 4.90 Å². The Bertz CT molecular complexity index is 435. The molecule has 0 aromatic heterocycles. The Morgan fingerprint density at radius 2 is 2.11 bits per heavy atom. The smallest absolute Gasteiger partial charge is 0.226 e. The Labute approximate surface area is 115 Å². The van der Waals surface area contributed by atoms with Gasteiger partial charge in [0, 0.05) is 24.5 Å². The molecule has 2 saturated heterocycles. The summed E-state index contributed by atoms with van der Waals surface area (Å²) in [7, 11) is -2.93. The second kappa shape index (κ2) is 5.79. The largest absolute Gasteiger partial charge is 0.339 e. The number of piperidine rings is 1. The van der Waals surface area contributed by atoms with E-state index in [-0.39, 0.29) is 29.4 Å². The van der Waals surface area contributed by atoms with Crippen LogP contribution in [0.5, 0.6) is 0 Å². The zero-order valence-corrected chi connectivity index (χ0v) is 12.6. The number of nitrogens with one attached hydrogen (secondary N) is 1. The Balaban J connectivity index is 2.03. The van der Waals surface area contributed by atoms with E-state index in [0.29, 0.717) is 19.0 Å². The first-order valence-electron chi connectivity index (χ1n) is 7.17. The number of carbonyl (C=O) groups is 1. The molecule has 0 aliphatic carbocycles. The van der Waals surface area contributed by atoms with Crippen molar-refractivity contribution in [3.8, 4) is 0 Å². The molecule has 6 heteroatoms. The van der Waals surface area contributed by atoms with Crippen molar-refractivity contribution in [2.24, 2.45) is 5.92 Å². The molecule has 19 heavy (non-hydrogen) atoms. The maximum Gasteiger partial charge on any atom is 0.226 e. The van der Waals surface area contributed by atoms with E-state index in [2.05, 4.69) is 12.2 Å². The van der Waals surface area contributed by atoms with Crippen LogP contribution >= 0.6 is 0 Å². The molecule has 1 amide bonds. The Morgan fingerprint density at radius 1 is 1.37 bits per heavy atom. The summed E-state index contributed by atoms with van der Waals surface area (Å²) in [5.41, 5.74) is 0. The summed E-state index contributed by atoms with van der Waals surface area (Å²) in [5, 5.41) is 3.34. The normalized spacial score (nSPS) is 34.1. The Kier molecular flexibility index (Phi) is 4.50. The van der Waals surface area contributed by atoms with Crippen molar-refractivity contribution >= 4 is 15.7 Å². The van der Waals surface area contributed by atoms with Gasteiger partial charge in [-0.25, -0.2) is 8.42 Å². The van der Waals surface area contributed by atoms with Gasteiger partial charge in [0.05, 0.1) is 11.5 Å².